The molecule has 6 N–H and O–H groups in total. The quantitative estimate of drug-likeness (QED) is 0.419. The first-order valence-corrected chi connectivity index (χ1v) is 10.2. The highest BCUT2D eigenvalue weighted by molar-refractivity contribution is 6.15. The van der Waals surface area contributed by atoms with E-state index in [1.54, 1.807) is 18.2 Å². The number of benzene rings is 1. The number of ketones is 2. The van der Waals surface area contributed by atoms with Gasteiger partial charge >= 0.3 is 0 Å². The van der Waals surface area contributed by atoms with Gasteiger partial charge in [-0.3, -0.25) is 14.4 Å². The lowest BCUT2D eigenvalue weighted by Crippen LogP contribution is -2.54. The summed E-state index contributed by atoms with van der Waals surface area (Å²) in [4.78, 5) is 37.5. The molecule has 9 nitrogen and oxygen atoms in total. The number of hydrogen-bond acceptors (Lipinski definition) is 8. The monoisotopic (exact) mass is 441 g/mol. The fourth-order valence-corrected chi connectivity index (χ4v) is 4.98. The summed E-state index contributed by atoms with van der Waals surface area (Å²) in [7, 11) is 0. The second-order valence-corrected chi connectivity index (χ2v) is 8.23. The summed E-state index contributed by atoms with van der Waals surface area (Å²) in [5, 5.41) is 42.1. The Labute approximate surface area is 182 Å². The highest BCUT2D eigenvalue weighted by Crippen LogP contribution is 2.50. The number of Topliss-reactive ketones (excluding diaryl/α,β-unsaturated/α-hetero) is 2. The van der Waals surface area contributed by atoms with E-state index in [1.807, 2.05) is 0 Å². The molecule has 0 spiro atoms. The standard InChI is InChI=1S/C23H23NO8/c24-18(28)10-17(27)23(31)12(5-6-25)8-11-9-14-13(16-2-1-7-32-16)3-4-15(26)20(14)21(29)19(11)22(23)30/h1-4,7,11-12,25-26,30-31H,5-6,8-10H2,(H2,24,28)/t11-,12-,23-/m1/s1. The number of fused-ring (bicyclic) bond motifs is 2. The average molecular weight is 441 g/mol. The second-order valence-electron chi connectivity index (χ2n) is 8.23. The molecule has 0 saturated carbocycles. The Morgan fingerprint density at radius 3 is 2.59 bits per heavy atom. The number of furan rings is 1. The number of rotatable bonds is 6. The van der Waals surface area contributed by atoms with Crippen molar-refractivity contribution >= 4 is 17.5 Å². The molecule has 1 amide bonds. The largest absolute Gasteiger partial charge is 0.508 e. The molecule has 0 aliphatic heterocycles. The minimum Gasteiger partial charge on any atom is -0.508 e. The summed E-state index contributed by atoms with van der Waals surface area (Å²) < 4.78 is 5.46. The minimum absolute atomic E-state index is 0.0398. The van der Waals surface area contributed by atoms with E-state index < -0.39 is 47.1 Å². The number of nitrogens with two attached hydrogens (primary N) is 1. The Morgan fingerprint density at radius 1 is 1.22 bits per heavy atom. The van der Waals surface area contributed by atoms with Crippen LogP contribution < -0.4 is 5.73 Å². The van der Waals surface area contributed by atoms with Crippen LogP contribution in [-0.2, 0) is 16.0 Å². The van der Waals surface area contributed by atoms with Gasteiger partial charge in [-0.25, -0.2) is 0 Å². The molecule has 1 heterocycles. The van der Waals surface area contributed by atoms with Gasteiger partial charge in [0.05, 0.1) is 18.2 Å². The third kappa shape index (κ3) is 3.21. The molecule has 168 valence electrons. The van der Waals surface area contributed by atoms with Gasteiger partial charge in [-0.2, -0.15) is 0 Å². The zero-order valence-electron chi connectivity index (χ0n) is 17.1. The maximum absolute atomic E-state index is 13.4. The van der Waals surface area contributed by atoms with Crippen molar-refractivity contribution in [1.82, 2.24) is 0 Å². The number of carbonyl (C=O) groups excluding carboxylic acids is 3. The third-order valence-electron chi connectivity index (χ3n) is 6.42. The lowest BCUT2D eigenvalue weighted by atomic mass is 9.62. The van der Waals surface area contributed by atoms with Crippen molar-refractivity contribution in [1.29, 1.82) is 0 Å². The zero-order valence-corrected chi connectivity index (χ0v) is 17.1. The fraction of sp³-hybridized carbons (Fsp3) is 0.348. The summed E-state index contributed by atoms with van der Waals surface area (Å²) in [5.41, 5.74) is 3.48. The van der Waals surface area contributed by atoms with Crippen LogP contribution in [0.15, 0.2) is 46.3 Å². The van der Waals surface area contributed by atoms with Gasteiger partial charge in [0.2, 0.25) is 5.91 Å². The highest BCUT2D eigenvalue weighted by Gasteiger charge is 2.55. The lowest BCUT2D eigenvalue weighted by Gasteiger charge is -2.43. The number of carbonyl (C=O) groups is 3. The lowest BCUT2D eigenvalue weighted by molar-refractivity contribution is -0.147. The number of hydrogen-bond donors (Lipinski definition) is 5. The SMILES string of the molecule is NC(=O)CC(=O)[C@@]1(O)C(O)=C2C(=O)c3c(O)ccc(-c4ccco4)c3C[C@H]2C[C@H]1CCO. The Hall–Kier alpha value is -3.43. The molecule has 32 heavy (non-hydrogen) atoms. The predicted molar refractivity (Wildman–Crippen MR) is 111 cm³/mol. The van der Waals surface area contributed by atoms with Gasteiger partial charge in [-0.05, 0) is 55.0 Å². The van der Waals surface area contributed by atoms with E-state index >= 15 is 0 Å². The molecule has 0 saturated heterocycles. The fourth-order valence-electron chi connectivity index (χ4n) is 4.98. The highest BCUT2D eigenvalue weighted by atomic mass is 16.3. The molecule has 4 rings (SSSR count). The first-order valence-electron chi connectivity index (χ1n) is 10.2. The van der Waals surface area contributed by atoms with Crippen molar-refractivity contribution in [3.05, 3.63) is 53.0 Å². The van der Waals surface area contributed by atoms with Crippen molar-refractivity contribution in [3.8, 4) is 17.1 Å². The van der Waals surface area contributed by atoms with Crippen LogP contribution in [-0.4, -0.2) is 50.1 Å². The van der Waals surface area contributed by atoms with E-state index in [9.17, 15) is 34.8 Å². The topological polar surface area (TPSA) is 171 Å². The molecule has 2 aliphatic carbocycles. The maximum atomic E-state index is 13.4. The van der Waals surface area contributed by atoms with Gasteiger partial charge in [0.1, 0.15) is 17.3 Å². The van der Waals surface area contributed by atoms with Crippen molar-refractivity contribution in [3.63, 3.8) is 0 Å². The first-order chi connectivity index (χ1) is 15.2. The molecular weight excluding hydrogens is 418 g/mol. The van der Waals surface area contributed by atoms with Crippen molar-refractivity contribution in [2.24, 2.45) is 17.6 Å². The Morgan fingerprint density at radius 2 is 1.97 bits per heavy atom. The van der Waals surface area contributed by atoms with E-state index in [0.717, 1.165) is 0 Å². The van der Waals surface area contributed by atoms with Gasteiger partial charge in [-0.1, -0.05) is 0 Å². The van der Waals surface area contributed by atoms with Crippen LogP contribution in [0.3, 0.4) is 0 Å². The summed E-state index contributed by atoms with van der Waals surface area (Å²) in [5.74, 6) is -4.92. The van der Waals surface area contributed by atoms with Crippen LogP contribution in [0.1, 0.15) is 35.2 Å². The van der Waals surface area contributed by atoms with Crippen LogP contribution in [0.25, 0.3) is 11.3 Å². The van der Waals surface area contributed by atoms with Gasteiger partial charge in [0.25, 0.3) is 0 Å². The summed E-state index contributed by atoms with van der Waals surface area (Å²) in [6.07, 6.45) is 0.936. The average Bonchev–Trinajstić information content (AvgIpc) is 3.26. The minimum atomic E-state index is -2.54. The van der Waals surface area contributed by atoms with Crippen LogP contribution in [0.5, 0.6) is 5.75 Å². The Bertz CT molecular complexity index is 1130. The Balaban J connectivity index is 1.89. The molecule has 0 radical (unpaired) electrons. The van der Waals surface area contributed by atoms with Gasteiger partial charge in [0.15, 0.2) is 17.2 Å². The van der Waals surface area contributed by atoms with Crippen LogP contribution in [0, 0.1) is 11.8 Å². The van der Waals surface area contributed by atoms with E-state index in [0.29, 0.717) is 16.9 Å². The van der Waals surface area contributed by atoms with Crippen LogP contribution >= 0.6 is 0 Å². The predicted octanol–water partition coefficient (Wildman–Crippen LogP) is 1.40. The summed E-state index contributed by atoms with van der Waals surface area (Å²) in [6.45, 7) is -0.380. The number of amides is 1. The van der Waals surface area contributed by atoms with E-state index in [-0.39, 0.29) is 42.8 Å². The normalized spacial score (nSPS) is 24.8. The van der Waals surface area contributed by atoms with Crippen LogP contribution in [0.4, 0.5) is 0 Å². The second kappa shape index (κ2) is 7.92. The van der Waals surface area contributed by atoms with Gasteiger partial charge < -0.3 is 30.6 Å². The molecule has 1 aromatic carbocycles. The number of allylic oxidation sites excluding steroid dienone is 1. The number of aromatic hydroxyl groups is 1. The number of phenols is 1. The van der Waals surface area contributed by atoms with Gasteiger partial charge in [0, 0.05) is 23.7 Å². The summed E-state index contributed by atoms with van der Waals surface area (Å²) in [6, 6.07) is 6.39. The molecule has 1 aromatic heterocycles. The van der Waals surface area contributed by atoms with Crippen molar-refractivity contribution in [2.75, 3.05) is 6.61 Å². The van der Waals surface area contributed by atoms with E-state index in [1.165, 1.54) is 12.3 Å². The smallest absolute Gasteiger partial charge is 0.225 e. The van der Waals surface area contributed by atoms with E-state index in [2.05, 4.69) is 0 Å². The zero-order chi connectivity index (χ0) is 23.2. The van der Waals surface area contributed by atoms with Gasteiger partial charge in [-0.15, -0.1) is 0 Å². The number of phenolic OH excluding ortho intramolecular Hbond substituents is 1. The molecule has 2 aromatic rings. The van der Waals surface area contributed by atoms with Crippen molar-refractivity contribution < 1.29 is 39.2 Å². The maximum Gasteiger partial charge on any atom is 0.225 e. The number of aliphatic hydroxyl groups is 3. The molecule has 2 aliphatic rings. The molecular formula is C23H23NO8. The molecule has 0 bridgehead atoms. The van der Waals surface area contributed by atoms with Crippen molar-refractivity contribution in [2.45, 2.75) is 31.3 Å². The third-order valence-corrected chi connectivity index (χ3v) is 6.42. The number of primary amides is 1. The number of aliphatic hydroxyl groups excluding tert-OH is 2. The first kappa shape index (κ1) is 21.8. The van der Waals surface area contributed by atoms with E-state index in [4.69, 9.17) is 10.2 Å². The Kier molecular flexibility index (Phi) is 5.39. The summed E-state index contributed by atoms with van der Waals surface area (Å²) >= 11 is 0. The molecule has 0 fully saturated rings. The molecule has 3 atom stereocenters. The van der Waals surface area contributed by atoms with Crippen LogP contribution in [0.2, 0.25) is 0 Å². The molecule has 0 unspecified atom stereocenters. The molecule has 9 heteroatoms.